The van der Waals surface area contributed by atoms with Crippen molar-refractivity contribution >= 4 is 33.4 Å². The smallest absolute Gasteiger partial charge is 0.274 e. The van der Waals surface area contributed by atoms with E-state index in [1.807, 2.05) is 30.3 Å². The van der Waals surface area contributed by atoms with Crippen molar-refractivity contribution in [3.63, 3.8) is 0 Å². The van der Waals surface area contributed by atoms with E-state index in [-0.39, 0.29) is 18.0 Å². The molecule has 0 N–H and O–H groups in total. The number of benzene rings is 3. The van der Waals surface area contributed by atoms with Crippen LogP contribution in [0.3, 0.4) is 0 Å². The molecule has 7 heteroatoms. The summed E-state index contributed by atoms with van der Waals surface area (Å²) in [5.74, 6) is 0.677. The summed E-state index contributed by atoms with van der Waals surface area (Å²) in [6.07, 6.45) is 1.80. The van der Waals surface area contributed by atoms with E-state index in [1.165, 1.54) is 17.4 Å². The zero-order chi connectivity index (χ0) is 21.4. The van der Waals surface area contributed by atoms with Gasteiger partial charge in [0.1, 0.15) is 12.4 Å². The van der Waals surface area contributed by atoms with Crippen molar-refractivity contribution in [2.24, 2.45) is 0 Å². The fourth-order valence-electron chi connectivity index (χ4n) is 3.43. The molecule has 0 amide bonds. The Hall–Kier alpha value is -3.71. The molecule has 0 aliphatic carbocycles. The van der Waals surface area contributed by atoms with Crippen LogP contribution in [0, 0.1) is 5.82 Å². The Morgan fingerprint density at radius 1 is 1.06 bits per heavy atom. The molecule has 3 aromatic carbocycles. The predicted molar refractivity (Wildman–Crippen MR) is 119 cm³/mol. The van der Waals surface area contributed by atoms with E-state index in [0.717, 1.165) is 16.6 Å². The molecule has 5 aromatic rings. The fraction of sp³-hybridized carbons (Fsp3) is 0.0833. The maximum Gasteiger partial charge on any atom is 0.274 e. The third-order valence-corrected chi connectivity index (χ3v) is 5.94. The first kappa shape index (κ1) is 19.3. The lowest BCUT2D eigenvalue weighted by molar-refractivity contribution is 0.279. The molecule has 0 unspecified atom stereocenters. The standard InChI is InChI=1S/C24H17FN2O3S/c1-29-20-11-10-15(12-21(20)30-14-16-6-2-3-7-17(16)25)13-22-23(28)27-19-9-5-4-8-18(19)26-24(27)31-22/h2-13H,14H2,1H3/b22-13-. The summed E-state index contributed by atoms with van der Waals surface area (Å²) in [6, 6.07) is 19.4. The molecule has 0 saturated carbocycles. The Labute approximate surface area is 180 Å². The second kappa shape index (κ2) is 7.85. The molecule has 5 nitrogen and oxygen atoms in total. The summed E-state index contributed by atoms with van der Waals surface area (Å²) < 4.78 is 27.3. The van der Waals surface area contributed by atoms with Crippen LogP contribution in [0.4, 0.5) is 4.39 Å². The topological polar surface area (TPSA) is 52.8 Å². The van der Waals surface area contributed by atoms with Gasteiger partial charge in [-0.2, -0.15) is 0 Å². The molecular weight excluding hydrogens is 415 g/mol. The van der Waals surface area contributed by atoms with Gasteiger partial charge in [0.2, 0.25) is 0 Å². The SMILES string of the molecule is COc1ccc(/C=c2\sc3nc4ccccc4n3c2=O)cc1OCc1ccccc1F. The average Bonchev–Trinajstić information content (AvgIpc) is 3.29. The Kier molecular flexibility index (Phi) is 4.88. The van der Waals surface area contributed by atoms with E-state index in [9.17, 15) is 9.18 Å². The third kappa shape index (κ3) is 3.53. The molecule has 0 bridgehead atoms. The molecule has 0 aliphatic rings. The van der Waals surface area contributed by atoms with Gasteiger partial charge >= 0.3 is 0 Å². The normalized spacial score (nSPS) is 12.0. The first-order valence-electron chi connectivity index (χ1n) is 9.60. The van der Waals surface area contributed by atoms with E-state index in [1.54, 1.807) is 47.9 Å². The number of nitrogens with zero attached hydrogens (tertiary/aromatic N) is 2. The monoisotopic (exact) mass is 432 g/mol. The molecule has 0 fully saturated rings. The number of halogens is 1. The highest BCUT2D eigenvalue weighted by Gasteiger charge is 2.12. The van der Waals surface area contributed by atoms with Gasteiger partial charge in [0.25, 0.3) is 5.56 Å². The molecule has 2 aromatic heterocycles. The average molecular weight is 432 g/mol. The summed E-state index contributed by atoms with van der Waals surface area (Å²) in [5, 5.41) is 0. The molecule has 0 saturated heterocycles. The van der Waals surface area contributed by atoms with Crippen molar-refractivity contribution in [3.8, 4) is 11.5 Å². The van der Waals surface area contributed by atoms with Gasteiger partial charge in [-0.05, 0) is 42.0 Å². The van der Waals surface area contributed by atoms with Crippen molar-refractivity contribution in [2.45, 2.75) is 6.61 Å². The quantitative estimate of drug-likeness (QED) is 0.418. The lowest BCUT2D eigenvalue weighted by Gasteiger charge is -2.12. The summed E-state index contributed by atoms with van der Waals surface area (Å²) in [4.78, 5) is 18.2. The maximum absolute atomic E-state index is 13.9. The number of hydrogen-bond acceptors (Lipinski definition) is 5. The van der Waals surface area contributed by atoms with Gasteiger partial charge in [-0.3, -0.25) is 4.79 Å². The lowest BCUT2D eigenvalue weighted by atomic mass is 10.2. The number of aromatic nitrogens is 2. The predicted octanol–water partition coefficient (Wildman–Crippen LogP) is 4.18. The van der Waals surface area contributed by atoms with E-state index in [2.05, 4.69) is 4.98 Å². The fourth-order valence-corrected chi connectivity index (χ4v) is 4.42. The van der Waals surface area contributed by atoms with Gasteiger partial charge in [-0.15, -0.1) is 0 Å². The van der Waals surface area contributed by atoms with Gasteiger partial charge in [0, 0.05) is 5.56 Å². The van der Waals surface area contributed by atoms with E-state index >= 15 is 0 Å². The Morgan fingerprint density at radius 3 is 2.71 bits per heavy atom. The number of hydrogen-bond donors (Lipinski definition) is 0. The highest BCUT2D eigenvalue weighted by Crippen LogP contribution is 2.29. The molecule has 31 heavy (non-hydrogen) atoms. The van der Waals surface area contributed by atoms with Crippen LogP contribution in [-0.2, 0) is 6.61 Å². The molecule has 0 spiro atoms. The van der Waals surface area contributed by atoms with Crippen LogP contribution < -0.4 is 19.6 Å². The molecule has 0 radical (unpaired) electrons. The number of para-hydroxylation sites is 2. The molecule has 2 heterocycles. The van der Waals surface area contributed by atoms with E-state index < -0.39 is 0 Å². The van der Waals surface area contributed by atoms with Crippen LogP contribution in [0.5, 0.6) is 11.5 Å². The van der Waals surface area contributed by atoms with Gasteiger partial charge in [-0.1, -0.05) is 47.7 Å². The Balaban J connectivity index is 1.53. The minimum atomic E-state index is -0.325. The molecule has 0 atom stereocenters. The van der Waals surface area contributed by atoms with Crippen molar-refractivity contribution in [1.29, 1.82) is 0 Å². The van der Waals surface area contributed by atoms with Crippen molar-refractivity contribution < 1.29 is 13.9 Å². The van der Waals surface area contributed by atoms with Gasteiger partial charge < -0.3 is 9.47 Å². The number of fused-ring (bicyclic) bond motifs is 3. The van der Waals surface area contributed by atoms with E-state index in [0.29, 0.717) is 26.6 Å². The number of methoxy groups -OCH3 is 1. The first-order chi connectivity index (χ1) is 15.1. The summed E-state index contributed by atoms with van der Waals surface area (Å²) >= 11 is 1.33. The van der Waals surface area contributed by atoms with Crippen LogP contribution in [0.15, 0.2) is 71.5 Å². The van der Waals surface area contributed by atoms with Crippen LogP contribution >= 0.6 is 11.3 Å². The molecular formula is C24H17FN2O3S. The minimum absolute atomic E-state index is 0.0676. The zero-order valence-corrected chi connectivity index (χ0v) is 17.4. The van der Waals surface area contributed by atoms with Crippen molar-refractivity contribution in [2.75, 3.05) is 7.11 Å². The Bertz CT molecular complexity index is 1520. The number of ether oxygens (including phenoxy) is 2. The summed E-state index contributed by atoms with van der Waals surface area (Å²) in [5.41, 5.74) is 2.70. The lowest BCUT2D eigenvalue weighted by Crippen LogP contribution is -2.22. The molecule has 154 valence electrons. The van der Waals surface area contributed by atoms with Crippen LogP contribution in [-0.4, -0.2) is 16.5 Å². The number of imidazole rings is 1. The first-order valence-corrected chi connectivity index (χ1v) is 10.4. The number of thiazole rings is 1. The minimum Gasteiger partial charge on any atom is -0.493 e. The Morgan fingerprint density at radius 2 is 1.87 bits per heavy atom. The highest BCUT2D eigenvalue weighted by molar-refractivity contribution is 7.15. The van der Waals surface area contributed by atoms with Crippen molar-refractivity contribution in [3.05, 3.63) is 98.6 Å². The summed E-state index contributed by atoms with van der Waals surface area (Å²) in [7, 11) is 1.55. The molecule has 0 aliphatic heterocycles. The largest absolute Gasteiger partial charge is 0.493 e. The second-order valence-electron chi connectivity index (χ2n) is 6.92. The van der Waals surface area contributed by atoms with Crippen molar-refractivity contribution in [1.82, 2.24) is 9.38 Å². The maximum atomic E-state index is 13.9. The third-order valence-electron chi connectivity index (χ3n) is 4.97. The molecule has 5 rings (SSSR count). The van der Waals surface area contributed by atoms with Crippen LogP contribution in [0.1, 0.15) is 11.1 Å². The van der Waals surface area contributed by atoms with Gasteiger partial charge in [-0.25, -0.2) is 13.8 Å². The number of rotatable bonds is 5. The van der Waals surface area contributed by atoms with E-state index in [4.69, 9.17) is 9.47 Å². The second-order valence-corrected chi connectivity index (χ2v) is 7.93. The van der Waals surface area contributed by atoms with Gasteiger partial charge in [0.05, 0.1) is 22.7 Å². The summed E-state index contributed by atoms with van der Waals surface area (Å²) in [6.45, 7) is 0.0676. The van der Waals surface area contributed by atoms with Crippen LogP contribution in [0.2, 0.25) is 0 Å². The van der Waals surface area contributed by atoms with Gasteiger partial charge in [0.15, 0.2) is 16.5 Å². The highest BCUT2D eigenvalue weighted by atomic mass is 32.1. The van der Waals surface area contributed by atoms with Crippen LogP contribution in [0.25, 0.3) is 22.1 Å². The zero-order valence-electron chi connectivity index (χ0n) is 16.5.